The second kappa shape index (κ2) is 8.80. The summed E-state index contributed by atoms with van der Waals surface area (Å²) in [6, 6.07) is 19.3. The Bertz CT molecular complexity index is 553. The molecule has 0 atom stereocenters. The van der Waals surface area contributed by atoms with E-state index in [4.69, 9.17) is 11.1 Å². The van der Waals surface area contributed by atoms with Crippen LogP contribution in [0.25, 0.3) is 0 Å². The molecular weight excluding hydrogens is 296 g/mol. The lowest BCUT2D eigenvalue weighted by molar-refractivity contribution is 1.12. The Morgan fingerprint density at radius 2 is 1.43 bits per heavy atom. The van der Waals surface area contributed by atoms with Crippen LogP contribution >= 0.6 is 23.5 Å². The molecule has 2 rings (SSSR count). The molecule has 0 spiro atoms. The van der Waals surface area contributed by atoms with Gasteiger partial charge in [0.25, 0.3) is 0 Å². The molecule has 0 saturated carbocycles. The van der Waals surface area contributed by atoms with Crippen LogP contribution in [0.5, 0.6) is 0 Å². The first-order chi connectivity index (χ1) is 10.2. The van der Waals surface area contributed by atoms with E-state index in [0.717, 1.165) is 24.3 Å². The van der Waals surface area contributed by atoms with Crippen LogP contribution in [0.15, 0.2) is 59.5 Å². The largest absolute Gasteiger partial charge is 0.379 e. The quantitative estimate of drug-likeness (QED) is 0.457. The van der Waals surface area contributed by atoms with Crippen molar-refractivity contribution >= 4 is 28.7 Å². The Balaban J connectivity index is 1.73. The number of rotatable bonds is 7. The van der Waals surface area contributed by atoms with E-state index in [1.165, 1.54) is 27.8 Å². The maximum absolute atomic E-state index is 7.18. The third-order valence-electron chi connectivity index (χ3n) is 3.07. The van der Waals surface area contributed by atoms with Crippen LogP contribution in [0.2, 0.25) is 0 Å². The Labute approximate surface area is 135 Å². The molecule has 0 aromatic heterocycles. The molecule has 2 nitrogen and oxygen atoms in total. The molecule has 2 aromatic carbocycles. The molecule has 0 bridgehead atoms. The van der Waals surface area contributed by atoms with Gasteiger partial charge < -0.3 is 5.73 Å². The van der Waals surface area contributed by atoms with Crippen LogP contribution in [0.4, 0.5) is 0 Å². The predicted octanol–water partition coefficient (Wildman–Crippen LogP) is 4.19. The zero-order chi connectivity index (χ0) is 14.9. The minimum absolute atomic E-state index is 0.199. The first-order valence-corrected chi connectivity index (χ1v) is 8.93. The van der Waals surface area contributed by atoms with Crippen molar-refractivity contribution in [1.82, 2.24) is 0 Å². The summed E-state index contributed by atoms with van der Waals surface area (Å²) >= 11 is 3.30. The van der Waals surface area contributed by atoms with E-state index in [-0.39, 0.29) is 5.17 Å². The number of hydrogen-bond acceptors (Lipinski definition) is 3. The fraction of sp³-hybridized carbons (Fsp3) is 0.235. The van der Waals surface area contributed by atoms with Crippen molar-refractivity contribution in [2.45, 2.75) is 17.7 Å². The monoisotopic (exact) mass is 316 g/mol. The highest BCUT2D eigenvalue weighted by atomic mass is 32.2. The number of hydrogen-bond donors (Lipinski definition) is 2. The Morgan fingerprint density at radius 3 is 2.00 bits per heavy atom. The summed E-state index contributed by atoms with van der Waals surface area (Å²) in [6.07, 6.45) is 2.05. The van der Waals surface area contributed by atoms with Crippen LogP contribution in [0.3, 0.4) is 0 Å². The predicted molar refractivity (Wildman–Crippen MR) is 95.4 cm³/mol. The third kappa shape index (κ3) is 6.27. The Hall–Kier alpha value is -1.39. The number of nitrogens with one attached hydrogen (secondary N) is 1. The zero-order valence-corrected chi connectivity index (χ0v) is 13.6. The second-order valence-corrected chi connectivity index (χ2v) is 7.00. The fourth-order valence-corrected chi connectivity index (χ4v) is 3.44. The molecule has 110 valence electrons. The average Bonchev–Trinajstić information content (AvgIpc) is 2.50. The van der Waals surface area contributed by atoms with Crippen molar-refractivity contribution in [2.75, 3.05) is 11.5 Å². The highest BCUT2D eigenvalue weighted by molar-refractivity contribution is 8.13. The summed E-state index contributed by atoms with van der Waals surface area (Å²) in [7, 11) is 0. The number of aryl methyl sites for hydroxylation is 2. The van der Waals surface area contributed by atoms with E-state index < -0.39 is 0 Å². The first kappa shape index (κ1) is 16.0. The standard InChI is InChI=1S/C17H20N2S2/c18-17(19)21-13-11-15-8-6-14(7-9-15)10-12-20-16-4-2-1-3-5-16/h1-9H,10-13H2,(H3,18,19). The van der Waals surface area contributed by atoms with Gasteiger partial charge in [-0.05, 0) is 36.1 Å². The lowest BCUT2D eigenvalue weighted by atomic mass is 10.1. The van der Waals surface area contributed by atoms with Gasteiger partial charge >= 0.3 is 0 Å². The smallest absolute Gasteiger partial charge is 0.151 e. The summed E-state index contributed by atoms with van der Waals surface area (Å²) in [6.45, 7) is 0. The topological polar surface area (TPSA) is 49.9 Å². The minimum Gasteiger partial charge on any atom is -0.379 e. The lowest BCUT2D eigenvalue weighted by Crippen LogP contribution is -2.05. The summed E-state index contributed by atoms with van der Waals surface area (Å²) in [4.78, 5) is 1.33. The van der Waals surface area contributed by atoms with Crippen molar-refractivity contribution in [1.29, 1.82) is 5.41 Å². The van der Waals surface area contributed by atoms with E-state index in [0.29, 0.717) is 0 Å². The molecule has 0 unspecified atom stereocenters. The summed E-state index contributed by atoms with van der Waals surface area (Å²) in [5.41, 5.74) is 8.01. The SMILES string of the molecule is N=C(N)SCCc1ccc(CCSc2ccccc2)cc1. The fourth-order valence-electron chi connectivity index (χ4n) is 1.95. The molecule has 0 amide bonds. The third-order valence-corrected chi connectivity index (χ3v) is 4.81. The van der Waals surface area contributed by atoms with Crippen LogP contribution in [0, 0.1) is 5.41 Å². The van der Waals surface area contributed by atoms with E-state index >= 15 is 0 Å². The van der Waals surface area contributed by atoms with E-state index in [1.54, 1.807) is 0 Å². The molecule has 21 heavy (non-hydrogen) atoms. The van der Waals surface area contributed by atoms with Gasteiger partial charge in [-0.15, -0.1) is 11.8 Å². The van der Waals surface area contributed by atoms with Gasteiger partial charge in [-0.2, -0.15) is 0 Å². The number of thioether (sulfide) groups is 2. The molecular formula is C17H20N2S2. The van der Waals surface area contributed by atoms with Gasteiger partial charge in [-0.1, -0.05) is 54.2 Å². The molecule has 0 aliphatic heterocycles. The van der Waals surface area contributed by atoms with Gasteiger partial charge in [0.15, 0.2) is 5.17 Å². The molecule has 0 radical (unpaired) electrons. The molecule has 2 aromatic rings. The molecule has 0 heterocycles. The first-order valence-electron chi connectivity index (χ1n) is 6.96. The van der Waals surface area contributed by atoms with Crippen molar-refractivity contribution in [2.24, 2.45) is 5.73 Å². The van der Waals surface area contributed by atoms with E-state index in [9.17, 15) is 0 Å². The highest BCUT2D eigenvalue weighted by Crippen LogP contribution is 2.18. The normalized spacial score (nSPS) is 10.5. The van der Waals surface area contributed by atoms with Crippen molar-refractivity contribution in [3.63, 3.8) is 0 Å². The molecule has 0 aliphatic rings. The minimum atomic E-state index is 0.199. The van der Waals surface area contributed by atoms with Crippen molar-refractivity contribution in [3.05, 3.63) is 65.7 Å². The van der Waals surface area contributed by atoms with Crippen molar-refractivity contribution in [3.8, 4) is 0 Å². The highest BCUT2D eigenvalue weighted by Gasteiger charge is 1.98. The van der Waals surface area contributed by atoms with Gasteiger partial charge in [0.2, 0.25) is 0 Å². The second-order valence-electron chi connectivity index (χ2n) is 4.69. The Kier molecular flexibility index (Phi) is 6.70. The van der Waals surface area contributed by atoms with E-state index in [2.05, 4.69) is 48.5 Å². The van der Waals surface area contributed by atoms with Crippen LogP contribution in [-0.4, -0.2) is 16.7 Å². The lowest BCUT2D eigenvalue weighted by Gasteiger charge is -2.05. The van der Waals surface area contributed by atoms with Gasteiger partial charge in [-0.25, -0.2) is 0 Å². The summed E-state index contributed by atoms with van der Waals surface area (Å²) in [5.74, 6) is 1.97. The number of amidine groups is 1. The zero-order valence-electron chi connectivity index (χ0n) is 11.9. The summed E-state index contributed by atoms with van der Waals surface area (Å²) < 4.78 is 0. The number of benzene rings is 2. The molecule has 0 fully saturated rings. The molecule has 0 saturated heterocycles. The van der Waals surface area contributed by atoms with E-state index in [1.807, 2.05) is 17.8 Å². The molecule has 3 N–H and O–H groups in total. The number of nitrogens with two attached hydrogens (primary N) is 1. The Morgan fingerprint density at radius 1 is 0.857 bits per heavy atom. The maximum atomic E-state index is 7.18. The van der Waals surface area contributed by atoms with Crippen molar-refractivity contribution < 1.29 is 0 Å². The van der Waals surface area contributed by atoms with Gasteiger partial charge in [-0.3, -0.25) is 5.41 Å². The van der Waals surface area contributed by atoms with Crippen LogP contribution in [-0.2, 0) is 12.8 Å². The van der Waals surface area contributed by atoms with Crippen LogP contribution < -0.4 is 5.73 Å². The van der Waals surface area contributed by atoms with Crippen LogP contribution in [0.1, 0.15) is 11.1 Å². The maximum Gasteiger partial charge on any atom is 0.151 e. The van der Waals surface area contributed by atoms with Gasteiger partial charge in [0.05, 0.1) is 0 Å². The van der Waals surface area contributed by atoms with Gasteiger partial charge in [0.1, 0.15) is 0 Å². The van der Waals surface area contributed by atoms with Gasteiger partial charge in [0, 0.05) is 16.4 Å². The average molecular weight is 316 g/mol. The molecule has 0 aliphatic carbocycles. The molecule has 4 heteroatoms. The summed E-state index contributed by atoms with van der Waals surface area (Å²) in [5, 5.41) is 7.38.